The number of nitrogens with one attached hydrogen (secondary N) is 1. The second-order valence-corrected chi connectivity index (χ2v) is 8.01. The fraction of sp³-hybridized carbons (Fsp3) is 0.250. The van der Waals surface area contributed by atoms with Gasteiger partial charge in [0.2, 0.25) is 0 Å². The quantitative estimate of drug-likeness (QED) is 0.475. The molecule has 156 valence electrons. The predicted octanol–water partition coefficient (Wildman–Crippen LogP) is 5.06. The van der Waals surface area contributed by atoms with Crippen LogP contribution in [-0.4, -0.2) is 29.9 Å². The SMILES string of the molecule is C=CCN1C(=O)C(Nc2cc(Cl)ccc2C)=C(c2ccc(OCC(C)C)cc2)C1=O. The van der Waals surface area contributed by atoms with Gasteiger partial charge in [-0.05, 0) is 48.2 Å². The van der Waals surface area contributed by atoms with Crippen LogP contribution in [0.2, 0.25) is 5.02 Å². The lowest BCUT2D eigenvalue weighted by Crippen LogP contribution is -2.32. The number of hydrogen-bond acceptors (Lipinski definition) is 4. The van der Waals surface area contributed by atoms with Crippen LogP contribution in [0.3, 0.4) is 0 Å². The third kappa shape index (κ3) is 4.57. The van der Waals surface area contributed by atoms with Crippen molar-refractivity contribution in [3.05, 3.63) is 77.0 Å². The fourth-order valence-electron chi connectivity index (χ4n) is 3.10. The van der Waals surface area contributed by atoms with Gasteiger partial charge in [0.25, 0.3) is 11.8 Å². The molecule has 1 aliphatic heterocycles. The Kier molecular flexibility index (Phi) is 6.63. The van der Waals surface area contributed by atoms with Gasteiger partial charge in [-0.25, -0.2) is 0 Å². The van der Waals surface area contributed by atoms with Crippen LogP contribution in [0, 0.1) is 12.8 Å². The van der Waals surface area contributed by atoms with Crippen LogP contribution in [0.15, 0.2) is 60.8 Å². The molecular formula is C24H25ClN2O3. The number of hydrogen-bond donors (Lipinski definition) is 1. The highest BCUT2D eigenvalue weighted by molar-refractivity contribution is 6.36. The summed E-state index contributed by atoms with van der Waals surface area (Å²) in [6.45, 7) is 10.4. The minimum atomic E-state index is -0.394. The average molecular weight is 425 g/mol. The monoisotopic (exact) mass is 424 g/mol. The topological polar surface area (TPSA) is 58.6 Å². The summed E-state index contributed by atoms with van der Waals surface area (Å²) < 4.78 is 5.72. The molecule has 0 bridgehead atoms. The Labute approximate surface area is 182 Å². The number of ether oxygens (including phenoxy) is 1. The highest BCUT2D eigenvalue weighted by atomic mass is 35.5. The first kappa shape index (κ1) is 21.7. The van der Waals surface area contributed by atoms with Crippen LogP contribution in [-0.2, 0) is 9.59 Å². The van der Waals surface area contributed by atoms with Crippen molar-refractivity contribution >= 4 is 34.7 Å². The zero-order chi connectivity index (χ0) is 21.8. The van der Waals surface area contributed by atoms with Crippen LogP contribution in [0.4, 0.5) is 5.69 Å². The van der Waals surface area contributed by atoms with E-state index in [-0.39, 0.29) is 18.1 Å². The number of amides is 2. The zero-order valence-electron chi connectivity index (χ0n) is 17.4. The molecule has 30 heavy (non-hydrogen) atoms. The molecule has 0 atom stereocenters. The molecule has 0 unspecified atom stereocenters. The molecule has 0 saturated carbocycles. The summed E-state index contributed by atoms with van der Waals surface area (Å²) in [7, 11) is 0. The molecule has 2 aromatic carbocycles. The molecule has 2 aromatic rings. The Morgan fingerprint density at radius 3 is 2.47 bits per heavy atom. The lowest BCUT2D eigenvalue weighted by atomic mass is 10.0. The number of imide groups is 1. The van der Waals surface area contributed by atoms with Gasteiger partial charge in [-0.15, -0.1) is 6.58 Å². The van der Waals surface area contributed by atoms with Crippen LogP contribution < -0.4 is 10.1 Å². The van der Waals surface area contributed by atoms with E-state index in [9.17, 15) is 9.59 Å². The summed E-state index contributed by atoms with van der Waals surface area (Å²) in [6, 6.07) is 12.6. The van der Waals surface area contributed by atoms with Crippen LogP contribution in [0.1, 0.15) is 25.0 Å². The number of anilines is 1. The van der Waals surface area contributed by atoms with Crippen molar-refractivity contribution in [1.29, 1.82) is 0 Å². The third-order valence-corrected chi connectivity index (χ3v) is 4.90. The maximum absolute atomic E-state index is 13.1. The highest BCUT2D eigenvalue weighted by Crippen LogP contribution is 2.32. The Morgan fingerprint density at radius 1 is 1.13 bits per heavy atom. The molecule has 6 heteroatoms. The molecule has 0 radical (unpaired) electrons. The van der Waals surface area contributed by atoms with E-state index in [1.54, 1.807) is 36.4 Å². The van der Waals surface area contributed by atoms with Gasteiger partial charge in [-0.3, -0.25) is 14.5 Å². The van der Waals surface area contributed by atoms with E-state index >= 15 is 0 Å². The molecule has 0 spiro atoms. The Balaban J connectivity index is 2.00. The predicted molar refractivity (Wildman–Crippen MR) is 120 cm³/mol. The van der Waals surface area contributed by atoms with Crippen molar-refractivity contribution in [1.82, 2.24) is 4.90 Å². The van der Waals surface area contributed by atoms with Gasteiger partial charge >= 0.3 is 0 Å². The lowest BCUT2D eigenvalue weighted by Gasteiger charge is -2.13. The fourth-order valence-corrected chi connectivity index (χ4v) is 3.27. The van der Waals surface area contributed by atoms with Crippen molar-refractivity contribution in [3.63, 3.8) is 0 Å². The Morgan fingerprint density at radius 2 is 1.83 bits per heavy atom. The number of nitrogens with zero attached hydrogens (tertiary/aromatic N) is 1. The maximum atomic E-state index is 13.1. The largest absolute Gasteiger partial charge is 0.493 e. The van der Waals surface area contributed by atoms with Gasteiger partial charge in [0.1, 0.15) is 11.4 Å². The summed E-state index contributed by atoms with van der Waals surface area (Å²) in [6.07, 6.45) is 1.53. The van der Waals surface area contributed by atoms with E-state index in [4.69, 9.17) is 16.3 Å². The number of rotatable bonds is 8. The first-order valence-corrected chi connectivity index (χ1v) is 10.2. The second kappa shape index (κ2) is 9.18. The maximum Gasteiger partial charge on any atom is 0.278 e. The Hall–Kier alpha value is -3.05. The highest BCUT2D eigenvalue weighted by Gasteiger charge is 2.38. The summed E-state index contributed by atoms with van der Waals surface area (Å²) in [5.74, 6) is 0.367. The summed E-state index contributed by atoms with van der Waals surface area (Å²) in [5, 5.41) is 3.68. The van der Waals surface area contributed by atoms with E-state index in [1.807, 2.05) is 13.0 Å². The number of halogens is 1. The average Bonchev–Trinajstić information content (AvgIpc) is 2.94. The minimum absolute atomic E-state index is 0.135. The number of benzene rings is 2. The third-order valence-electron chi connectivity index (χ3n) is 4.67. The Bertz CT molecular complexity index is 1010. The van der Waals surface area contributed by atoms with Crippen LogP contribution in [0.25, 0.3) is 5.57 Å². The number of aryl methyl sites for hydroxylation is 1. The molecule has 0 aliphatic carbocycles. The van der Waals surface area contributed by atoms with Gasteiger partial charge in [0, 0.05) is 17.3 Å². The zero-order valence-corrected chi connectivity index (χ0v) is 18.1. The van der Waals surface area contributed by atoms with Crippen LogP contribution >= 0.6 is 11.6 Å². The summed E-state index contributed by atoms with van der Waals surface area (Å²) in [4.78, 5) is 27.2. The first-order chi connectivity index (χ1) is 14.3. The van der Waals surface area contributed by atoms with Crippen molar-refractivity contribution in [2.75, 3.05) is 18.5 Å². The molecule has 0 fully saturated rings. The molecule has 1 aliphatic rings. The molecule has 5 nitrogen and oxygen atoms in total. The smallest absolute Gasteiger partial charge is 0.278 e. The van der Waals surface area contributed by atoms with Gasteiger partial charge in [-0.2, -0.15) is 0 Å². The van der Waals surface area contributed by atoms with E-state index in [1.165, 1.54) is 11.0 Å². The normalized spacial score (nSPS) is 14.0. The van der Waals surface area contributed by atoms with Gasteiger partial charge in [0.05, 0.1) is 12.2 Å². The molecule has 1 heterocycles. The van der Waals surface area contributed by atoms with E-state index in [0.717, 1.165) is 5.56 Å². The van der Waals surface area contributed by atoms with Gasteiger partial charge < -0.3 is 10.1 Å². The van der Waals surface area contributed by atoms with Gasteiger partial charge in [0.15, 0.2) is 0 Å². The van der Waals surface area contributed by atoms with Crippen LogP contribution in [0.5, 0.6) is 5.75 Å². The molecule has 0 aromatic heterocycles. The van der Waals surface area contributed by atoms with Gasteiger partial charge in [-0.1, -0.05) is 49.7 Å². The molecule has 1 N–H and O–H groups in total. The number of carbonyl (C=O) groups is 2. The molecule has 0 saturated heterocycles. The van der Waals surface area contributed by atoms with E-state index < -0.39 is 5.91 Å². The lowest BCUT2D eigenvalue weighted by molar-refractivity contribution is -0.136. The first-order valence-electron chi connectivity index (χ1n) is 9.79. The van der Waals surface area contributed by atoms with Crippen molar-refractivity contribution < 1.29 is 14.3 Å². The molecule has 3 rings (SSSR count). The van der Waals surface area contributed by atoms with Crippen molar-refractivity contribution in [2.45, 2.75) is 20.8 Å². The molecule has 2 amide bonds. The summed E-state index contributed by atoms with van der Waals surface area (Å²) >= 11 is 6.12. The molecular weight excluding hydrogens is 400 g/mol. The van der Waals surface area contributed by atoms with Crippen molar-refractivity contribution in [3.8, 4) is 5.75 Å². The number of carbonyl (C=O) groups excluding carboxylic acids is 2. The van der Waals surface area contributed by atoms with E-state index in [0.29, 0.717) is 40.1 Å². The van der Waals surface area contributed by atoms with Crippen molar-refractivity contribution in [2.24, 2.45) is 5.92 Å². The summed E-state index contributed by atoms with van der Waals surface area (Å²) in [5.41, 5.74) is 2.76. The second-order valence-electron chi connectivity index (χ2n) is 7.57. The standard InChI is InChI=1S/C24H25ClN2O3/c1-5-12-27-23(28)21(17-7-10-19(11-8-17)30-14-15(2)3)22(24(27)29)26-20-13-18(25)9-6-16(20)4/h5-11,13,15,26H,1,12,14H2,2-4H3. The minimum Gasteiger partial charge on any atom is -0.493 e. The van der Waals surface area contributed by atoms with E-state index in [2.05, 4.69) is 25.7 Å².